The van der Waals surface area contributed by atoms with Gasteiger partial charge in [0.15, 0.2) is 0 Å². The Kier molecular flexibility index (Phi) is 7.21. The summed E-state index contributed by atoms with van der Waals surface area (Å²) in [5.74, 6) is -0.540. The number of carbonyl (C=O) groups is 2. The summed E-state index contributed by atoms with van der Waals surface area (Å²) < 4.78 is 0. The minimum absolute atomic E-state index is 0.0710. The molecule has 0 aliphatic carbocycles. The lowest BCUT2D eigenvalue weighted by Gasteiger charge is -2.12. The van der Waals surface area contributed by atoms with Crippen molar-refractivity contribution in [2.75, 3.05) is 10.6 Å². The highest BCUT2D eigenvalue weighted by atomic mass is 35.5. The van der Waals surface area contributed by atoms with Crippen LogP contribution in [-0.4, -0.2) is 21.8 Å². The molecule has 176 valence electrons. The van der Waals surface area contributed by atoms with E-state index in [0.717, 1.165) is 5.56 Å². The number of aromatic nitrogens is 2. The number of anilines is 3. The number of benzene rings is 3. The average Bonchev–Trinajstić information content (AvgIpc) is 2.79. The summed E-state index contributed by atoms with van der Waals surface area (Å²) >= 11 is 18.9. The quantitative estimate of drug-likeness (QED) is 0.263. The second-order valence-corrected chi connectivity index (χ2v) is 8.69. The van der Waals surface area contributed by atoms with E-state index in [1.807, 2.05) is 24.3 Å². The monoisotopic (exact) mass is 525 g/mol. The highest BCUT2D eigenvalue weighted by Gasteiger charge is 2.17. The smallest absolute Gasteiger partial charge is 0.251 e. The van der Waals surface area contributed by atoms with E-state index in [2.05, 4.69) is 20.6 Å². The third-order valence-electron chi connectivity index (χ3n) is 4.99. The van der Waals surface area contributed by atoms with Gasteiger partial charge in [-0.25, -0.2) is 9.97 Å². The van der Waals surface area contributed by atoms with Gasteiger partial charge in [-0.2, -0.15) is 0 Å². The fraction of sp³-hybridized carbons (Fsp3) is 0.0400. The fourth-order valence-electron chi connectivity index (χ4n) is 3.47. The van der Waals surface area contributed by atoms with Crippen molar-refractivity contribution in [3.05, 3.63) is 87.5 Å². The van der Waals surface area contributed by atoms with Crippen LogP contribution in [0.25, 0.3) is 22.4 Å². The van der Waals surface area contributed by atoms with Gasteiger partial charge in [-0.1, -0.05) is 53.0 Å². The van der Waals surface area contributed by atoms with E-state index >= 15 is 0 Å². The molecule has 0 aliphatic heterocycles. The fourth-order valence-corrected chi connectivity index (χ4v) is 4.41. The normalized spacial score (nSPS) is 10.6. The molecule has 0 bridgehead atoms. The number of rotatable bonds is 6. The van der Waals surface area contributed by atoms with Crippen molar-refractivity contribution in [1.29, 1.82) is 0 Å². The molecule has 3 aromatic carbocycles. The van der Waals surface area contributed by atoms with Crippen molar-refractivity contribution in [3.63, 3.8) is 0 Å². The first-order chi connectivity index (χ1) is 16.7. The van der Waals surface area contributed by atoms with E-state index in [-0.39, 0.29) is 21.5 Å². The van der Waals surface area contributed by atoms with E-state index in [9.17, 15) is 9.59 Å². The molecule has 0 radical (unpaired) electrons. The van der Waals surface area contributed by atoms with Crippen LogP contribution < -0.4 is 16.4 Å². The molecule has 1 heterocycles. The molecule has 2 amide bonds. The summed E-state index contributed by atoms with van der Waals surface area (Å²) in [6.45, 7) is 1.43. The topological polar surface area (TPSA) is 110 Å². The Balaban J connectivity index is 1.62. The van der Waals surface area contributed by atoms with Gasteiger partial charge < -0.3 is 16.4 Å². The lowest BCUT2D eigenvalue weighted by atomic mass is 10.0. The lowest BCUT2D eigenvalue weighted by Crippen LogP contribution is -2.12. The first kappa shape index (κ1) is 24.5. The number of nitrogens with zero attached hydrogens (tertiary/aromatic N) is 2. The molecule has 4 N–H and O–H groups in total. The summed E-state index contributed by atoms with van der Waals surface area (Å²) in [6.07, 6.45) is 1.61. The summed E-state index contributed by atoms with van der Waals surface area (Å²) in [5, 5.41) is 6.66. The first-order valence-electron chi connectivity index (χ1n) is 10.3. The molecule has 0 saturated heterocycles. The van der Waals surface area contributed by atoms with Crippen LogP contribution in [0.1, 0.15) is 17.3 Å². The molecule has 4 aromatic rings. The average molecular weight is 527 g/mol. The summed E-state index contributed by atoms with van der Waals surface area (Å²) in [5.41, 5.74) is 9.43. The zero-order chi connectivity index (χ0) is 25.1. The van der Waals surface area contributed by atoms with Gasteiger partial charge in [-0.05, 0) is 48.0 Å². The number of hydrogen-bond acceptors (Lipinski definition) is 5. The third kappa shape index (κ3) is 5.54. The van der Waals surface area contributed by atoms with Gasteiger partial charge in [0, 0.05) is 35.6 Å². The second kappa shape index (κ2) is 10.3. The largest absolute Gasteiger partial charge is 0.366 e. The minimum atomic E-state index is -0.704. The number of carbonyl (C=O) groups excluding carboxylic acids is 2. The van der Waals surface area contributed by atoms with Crippen LogP contribution in [0.4, 0.5) is 17.3 Å². The Hall–Kier alpha value is -3.65. The highest BCUT2D eigenvalue weighted by Crippen LogP contribution is 2.36. The predicted molar refractivity (Wildman–Crippen MR) is 140 cm³/mol. The molecule has 7 nitrogen and oxygen atoms in total. The first-order valence-corrected chi connectivity index (χ1v) is 11.4. The third-order valence-corrected chi connectivity index (χ3v) is 6.01. The van der Waals surface area contributed by atoms with E-state index < -0.39 is 5.91 Å². The standard InChI is InChI=1S/C25H18Cl3N5O2/c1-13(34)31-16-5-6-18(20(27)12-16)21-9-10-30-25(33-21)32-15-4-2-3-14(11-15)17-7-8-19(26)22(23(17)28)24(29)35/h2-12H,1H3,(H2,29,35)(H,31,34)(H,30,32,33). The van der Waals surface area contributed by atoms with Gasteiger partial charge in [0.05, 0.1) is 26.3 Å². The minimum Gasteiger partial charge on any atom is -0.366 e. The van der Waals surface area contributed by atoms with Gasteiger partial charge in [0.25, 0.3) is 5.91 Å². The Bertz CT molecular complexity index is 1460. The Morgan fingerprint density at radius 3 is 2.37 bits per heavy atom. The molecular formula is C25H18Cl3N5O2. The molecular weight excluding hydrogens is 509 g/mol. The summed E-state index contributed by atoms with van der Waals surface area (Å²) in [4.78, 5) is 31.9. The predicted octanol–water partition coefficient (Wildman–Crippen LogP) is 6.57. The number of primary amides is 1. The maximum atomic E-state index is 11.8. The number of halogens is 3. The van der Waals surface area contributed by atoms with Gasteiger partial charge in [0.2, 0.25) is 11.9 Å². The number of amides is 2. The Morgan fingerprint density at radius 1 is 0.886 bits per heavy atom. The van der Waals surface area contributed by atoms with Crippen LogP contribution in [0.2, 0.25) is 15.1 Å². The SMILES string of the molecule is CC(=O)Nc1ccc(-c2ccnc(Nc3cccc(-c4ccc(Cl)c(C(N)=O)c4Cl)c3)n2)c(Cl)c1. The van der Waals surface area contributed by atoms with Crippen LogP contribution >= 0.6 is 34.8 Å². The van der Waals surface area contributed by atoms with Crippen LogP contribution in [0, 0.1) is 0 Å². The zero-order valence-electron chi connectivity index (χ0n) is 18.3. The molecule has 0 atom stereocenters. The molecule has 10 heteroatoms. The maximum absolute atomic E-state index is 11.8. The Morgan fingerprint density at radius 2 is 1.66 bits per heavy atom. The Labute approximate surface area is 216 Å². The second-order valence-electron chi connectivity index (χ2n) is 7.50. The van der Waals surface area contributed by atoms with Crippen molar-refractivity contribution in [1.82, 2.24) is 9.97 Å². The molecule has 0 fully saturated rings. The van der Waals surface area contributed by atoms with Crippen molar-refractivity contribution in [2.45, 2.75) is 6.92 Å². The van der Waals surface area contributed by atoms with E-state index in [4.69, 9.17) is 40.5 Å². The van der Waals surface area contributed by atoms with Crippen molar-refractivity contribution >= 4 is 63.9 Å². The highest BCUT2D eigenvalue weighted by molar-refractivity contribution is 6.41. The van der Waals surface area contributed by atoms with E-state index in [1.54, 1.807) is 42.6 Å². The number of nitrogens with two attached hydrogens (primary N) is 1. The van der Waals surface area contributed by atoms with Crippen molar-refractivity contribution in [3.8, 4) is 22.4 Å². The van der Waals surface area contributed by atoms with Crippen LogP contribution in [0.3, 0.4) is 0 Å². The van der Waals surface area contributed by atoms with E-state index in [0.29, 0.717) is 39.2 Å². The van der Waals surface area contributed by atoms with Crippen LogP contribution in [0.5, 0.6) is 0 Å². The van der Waals surface area contributed by atoms with Crippen LogP contribution in [-0.2, 0) is 4.79 Å². The van der Waals surface area contributed by atoms with Crippen molar-refractivity contribution < 1.29 is 9.59 Å². The number of hydrogen-bond donors (Lipinski definition) is 3. The molecule has 4 rings (SSSR count). The molecule has 0 saturated carbocycles. The van der Waals surface area contributed by atoms with Gasteiger partial charge in [0.1, 0.15) is 0 Å². The van der Waals surface area contributed by atoms with Crippen LogP contribution in [0.15, 0.2) is 66.9 Å². The van der Waals surface area contributed by atoms with Crippen molar-refractivity contribution in [2.24, 2.45) is 5.73 Å². The van der Waals surface area contributed by atoms with Gasteiger partial charge in [-0.3, -0.25) is 9.59 Å². The molecule has 0 unspecified atom stereocenters. The van der Waals surface area contributed by atoms with Gasteiger partial charge in [-0.15, -0.1) is 0 Å². The molecule has 0 aliphatic rings. The molecule has 0 spiro atoms. The molecule has 1 aromatic heterocycles. The maximum Gasteiger partial charge on any atom is 0.251 e. The summed E-state index contributed by atoms with van der Waals surface area (Å²) in [7, 11) is 0. The van der Waals surface area contributed by atoms with Gasteiger partial charge >= 0.3 is 0 Å². The molecule has 35 heavy (non-hydrogen) atoms. The van der Waals surface area contributed by atoms with E-state index in [1.165, 1.54) is 6.92 Å². The number of nitrogens with one attached hydrogen (secondary N) is 2. The summed E-state index contributed by atoms with van der Waals surface area (Å²) in [6, 6.07) is 17.6. The lowest BCUT2D eigenvalue weighted by molar-refractivity contribution is -0.114. The zero-order valence-corrected chi connectivity index (χ0v) is 20.5.